The first-order valence-electron chi connectivity index (χ1n) is 9.32. The van der Waals surface area contributed by atoms with E-state index in [0.717, 1.165) is 13.1 Å². The van der Waals surface area contributed by atoms with Crippen molar-refractivity contribution >= 4 is 5.97 Å². The summed E-state index contributed by atoms with van der Waals surface area (Å²) >= 11 is 0. The molecule has 1 fully saturated rings. The first kappa shape index (κ1) is 18.7. The molecule has 26 heavy (non-hydrogen) atoms. The summed E-state index contributed by atoms with van der Waals surface area (Å²) in [4.78, 5) is 14.7. The summed E-state index contributed by atoms with van der Waals surface area (Å²) in [7, 11) is 0. The topological polar surface area (TPSA) is 29.5 Å². The lowest BCUT2D eigenvalue weighted by Gasteiger charge is -2.51. The van der Waals surface area contributed by atoms with Gasteiger partial charge in [0.05, 0.1) is 12.5 Å². The molecule has 0 unspecified atom stereocenters. The minimum absolute atomic E-state index is 0.0237. The van der Waals surface area contributed by atoms with Crippen LogP contribution in [-0.4, -0.2) is 29.6 Å². The second-order valence-electron chi connectivity index (χ2n) is 8.70. The smallest absolute Gasteiger partial charge is 0.306 e. The maximum atomic E-state index is 12.2. The number of ether oxygens (including phenoxy) is 1. The van der Waals surface area contributed by atoms with Crippen LogP contribution in [0.2, 0.25) is 0 Å². The van der Waals surface area contributed by atoms with Crippen molar-refractivity contribution in [3.8, 4) is 0 Å². The zero-order valence-corrected chi connectivity index (χ0v) is 16.2. The van der Waals surface area contributed by atoms with E-state index < -0.39 is 5.60 Å². The zero-order chi connectivity index (χ0) is 18.8. The van der Waals surface area contributed by atoms with Gasteiger partial charge in [-0.05, 0) is 31.9 Å². The van der Waals surface area contributed by atoms with Gasteiger partial charge in [-0.25, -0.2) is 0 Å². The van der Waals surface area contributed by atoms with Gasteiger partial charge in [0, 0.05) is 18.5 Å². The molecule has 0 bridgehead atoms. The molecule has 2 aromatic rings. The molecule has 0 N–H and O–H groups in total. The van der Waals surface area contributed by atoms with Gasteiger partial charge in [0.15, 0.2) is 0 Å². The lowest BCUT2D eigenvalue weighted by Crippen LogP contribution is -2.56. The van der Waals surface area contributed by atoms with E-state index in [1.165, 1.54) is 11.1 Å². The van der Waals surface area contributed by atoms with Crippen LogP contribution < -0.4 is 0 Å². The van der Waals surface area contributed by atoms with E-state index in [9.17, 15) is 4.79 Å². The van der Waals surface area contributed by atoms with Crippen LogP contribution in [0.4, 0.5) is 0 Å². The average molecular weight is 351 g/mol. The average Bonchev–Trinajstić information content (AvgIpc) is 2.54. The fraction of sp³-hybridized carbons (Fsp3) is 0.435. The fourth-order valence-electron chi connectivity index (χ4n) is 3.84. The van der Waals surface area contributed by atoms with Gasteiger partial charge in [-0.3, -0.25) is 9.69 Å². The highest BCUT2D eigenvalue weighted by Gasteiger charge is 2.44. The van der Waals surface area contributed by atoms with Gasteiger partial charge >= 0.3 is 5.97 Å². The summed E-state index contributed by atoms with van der Waals surface area (Å²) in [6.07, 6.45) is 0.469. The molecule has 0 atom stereocenters. The lowest BCUT2D eigenvalue weighted by molar-refractivity contribution is -0.161. The van der Waals surface area contributed by atoms with Crippen molar-refractivity contribution in [2.24, 2.45) is 5.41 Å². The van der Waals surface area contributed by atoms with Crippen LogP contribution in [0.15, 0.2) is 60.7 Å². The number of benzene rings is 2. The summed E-state index contributed by atoms with van der Waals surface area (Å²) < 4.78 is 5.52. The van der Waals surface area contributed by atoms with Crippen molar-refractivity contribution < 1.29 is 9.53 Å². The molecule has 3 nitrogen and oxygen atoms in total. The van der Waals surface area contributed by atoms with Crippen molar-refractivity contribution in [3.05, 3.63) is 71.8 Å². The Bertz CT molecular complexity index is 688. The SMILES string of the molecule is CC1(CC(=O)OC(C)(C)C)CN(C(c2ccccc2)c2ccccc2)C1. The molecule has 0 aliphatic carbocycles. The van der Waals surface area contributed by atoms with Crippen LogP contribution in [0.1, 0.15) is 51.3 Å². The molecule has 1 heterocycles. The Morgan fingerprint density at radius 2 is 1.46 bits per heavy atom. The van der Waals surface area contributed by atoms with E-state index in [0.29, 0.717) is 6.42 Å². The van der Waals surface area contributed by atoms with Gasteiger partial charge in [-0.1, -0.05) is 67.6 Å². The highest BCUT2D eigenvalue weighted by Crippen LogP contribution is 2.42. The highest BCUT2D eigenvalue weighted by atomic mass is 16.6. The van der Waals surface area contributed by atoms with Crippen molar-refractivity contribution in [2.45, 2.75) is 45.8 Å². The van der Waals surface area contributed by atoms with Gasteiger partial charge < -0.3 is 4.74 Å². The van der Waals surface area contributed by atoms with E-state index in [1.807, 2.05) is 32.9 Å². The van der Waals surface area contributed by atoms with E-state index in [2.05, 4.69) is 60.4 Å². The molecule has 1 aliphatic heterocycles. The van der Waals surface area contributed by atoms with Gasteiger partial charge in [-0.15, -0.1) is 0 Å². The largest absolute Gasteiger partial charge is 0.460 e. The van der Waals surface area contributed by atoms with Crippen LogP contribution in [0.5, 0.6) is 0 Å². The monoisotopic (exact) mass is 351 g/mol. The third kappa shape index (κ3) is 4.53. The Kier molecular flexibility index (Phi) is 5.19. The Morgan fingerprint density at radius 1 is 1.00 bits per heavy atom. The zero-order valence-electron chi connectivity index (χ0n) is 16.2. The second kappa shape index (κ2) is 7.24. The van der Waals surface area contributed by atoms with Gasteiger partial charge in [-0.2, -0.15) is 0 Å². The molecule has 0 amide bonds. The molecule has 0 saturated carbocycles. The number of rotatable bonds is 5. The standard InChI is InChI=1S/C23H29NO2/c1-22(2,3)26-20(25)15-23(4)16-24(17-23)21(18-11-7-5-8-12-18)19-13-9-6-10-14-19/h5-14,21H,15-17H2,1-4H3. The van der Waals surface area contributed by atoms with E-state index in [4.69, 9.17) is 4.74 Å². The number of carbonyl (C=O) groups is 1. The fourth-order valence-corrected chi connectivity index (χ4v) is 3.84. The molecule has 3 heteroatoms. The third-order valence-electron chi connectivity index (χ3n) is 4.76. The Balaban J connectivity index is 1.72. The molecule has 1 aliphatic rings. The van der Waals surface area contributed by atoms with Crippen molar-refractivity contribution in [3.63, 3.8) is 0 Å². The number of hydrogen-bond acceptors (Lipinski definition) is 3. The van der Waals surface area contributed by atoms with Crippen LogP contribution >= 0.6 is 0 Å². The number of likely N-dealkylation sites (tertiary alicyclic amines) is 1. The van der Waals surface area contributed by atoms with Crippen LogP contribution in [0.25, 0.3) is 0 Å². The summed E-state index contributed by atoms with van der Waals surface area (Å²) in [5.41, 5.74) is 2.13. The number of esters is 1. The summed E-state index contributed by atoms with van der Waals surface area (Å²) in [6, 6.07) is 21.4. The predicted molar refractivity (Wildman–Crippen MR) is 105 cm³/mol. The minimum atomic E-state index is -0.423. The predicted octanol–water partition coefficient (Wildman–Crippen LogP) is 4.83. The second-order valence-corrected chi connectivity index (χ2v) is 8.70. The first-order valence-corrected chi connectivity index (χ1v) is 9.32. The lowest BCUT2D eigenvalue weighted by atomic mass is 9.76. The summed E-state index contributed by atoms with van der Waals surface area (Å²) in [5.74, 6) is -0.101. The number of carbonyl (C=O) groups excluding carboxylic acids is 1. The molecule has 1 saturated heterocycles. The number of nitrogens with zero attached hydrogens (tertiary/aromatic N) is 1. The summed E-state index contributed by atoms with van der Waals surface area (Å²) in [6.45, 7) is 9.71. The Labute approximate surface area is 157 Å². The van der Waals surface area contributed by atoms with Gasteiger partial charge in [0.2, 0.25) is 0 Å². The van der Waals surface area contributed by atoms with Gasteiger partial charge in [0.25, 0.3) is 0 Å². The molecule has 3 rings (SSSR count). The summed E-state index contributed by atoms with van der Waals surface area (Å²) in [5, 5.41) is 0. The van der Waals surface area contributed by atoms with Crippen molar-refractivity contribution in [1.29, 1.82) is 0 Å². The number of hydrogen-bond donors (Lipinski definition) is 0. The van der Waals surface area contributed by atoms with Crippen molar-refractivity contribution in [1.82, 2.24) is 4.90 Å². The minimum Gasteiger partial charge on any atom is -0.460 e. The molecule has 0 aromatic heterocycles. The van der Waals surface area contributed by atoms with Crippen LogP contribution in [0, 0.1) is 5.41 Å². The highest BCUT2D eigenvalue weighted by molar-refractivity contribution is 5.71. The normalized spacial score (nSPS) is 17.0. The molecule has 138 valence electrons. The van der Waals surface area contributed by atoms with E-state index in [-0.39, 0.29) is 17.4 Å². The molecule has 0 spiro atoms. The van der Waals surface area contributed by atoms with Gasteiger partial charge in [0.1, 0.15) is 5.60 Å². The molecule has 2 aromatic carbocycles. The van der Waals surface area contributed by atoms with E-state index in [1.54, 1.807) is 0 Å². The molecular formula is C23H29NO2. The molecular weight excluding hydrogens is 322 g/mol. The van der Waals surface area contributed by atoms with Crippen molar-refractivity contribution in [2.75, 3.05) is 13.1 Å². The maximum Gasteiger partial charge on any atom is 0.306 e. The first-order chi connectivity index (χ1) is 12.3. The maximum absolute atomic E-state index is 12.2. The van der Waals surface area contributed by atoms with E-state index >= 15 is 0 Å². The third-order valence-corrected chi connectivity index (χ3v) is 4.76. The quantitative estimate of drug-likeness (QED) is 0.723. The Hall–Kier alpha value is -2.13. The van der Waals surface area contributed by atoms with Crippen LogP contribution in [-0.2, 0) is 9.53 Å². The molecule has 0 radical (unpaired) electrons. The van der Waals surface area contributed by atoms with Crippen LogP contribution in [0.3, 0.4) is 0 Å². The Morgan fingerprint density at radius 3 is 1.88 bits per heavy atom.